The van der Waals surface area contributed by atoms with Crippen LogP contribution in [-0.4, -0.2) is 4.98 Å². The van der Waals surface area contributed by atoms with Crippen molar-refractivity contribution in [1.82, 2.24) is 4.98 Å². The summed E-state index contributed by atoms with van der Waals surface area (Å²) in [6, 6.07) is 3.94. The van der Waals surface area contributed by atoms with Gasteiger partial charge in [-0.05, 0) is 19.3 Å². The van der Waals surface area contributed by atoms with Crippen LogP contribution in [0.1, 0.15) is 76.0 Å². The van der Waals surface area contributed by atoms with E-state index in [4.69, 9.17) is 10.5 Å². The Morgan fingerprint density at radius 3 is 2.68 bits per heavy atom. The lowest BCUT2D eigenvalue weighted by atomic mass is 9.78. The van der Waals surface area contributed by atoms with Crippen molar-refractivity contribution >= 4 is 0 Å². The number of aromatic amines is 1. The van der Waals surface area contributed by atoms with E-state index in [-0.39, 0.29) is 23.3 Å². The van der Waals surface area contributed by atoms with Gasteiger partial charge in [0.25, 0.3) is 5.56 Å². The maximum atomic E-state index is 12.5. The second-order valence-corrected chi connectivity index (χ2v) is 7.06. The zero-order valence-corrected chi connectivity index (χ0v) is 15.5. The minimum absolute atomic E-state index is 0.125. The fourth-order valence-corrected chi connectivity index (χ4v) is 3.63. The van der Waals surface area contributed by atoms with Crippen LogP contribution in [0.25, 0.3) is 0 Å². The molecule has 0 saturated heterocycles. The van der Waals surface area contributed by atoms with Gasteiger partial charge in [-0.2, -0.15) is 5.26 Å². The quantitative estimate of drug-likeness (QED) is 0.691. The first-order valence-electron chi connectivity index (χ1n) is 9.31. The van der Waals surface area contributed by atoms with E-state index in [1.807, 2.05) is 0 Å². The van der Waals surface area contributed by atoms with Crippen LogP contribution in [-0.2, 0) is 0 Å². The summed E-state index contributed by atoms with van der Waals surface area (Å²) < 4.78 is 5.56. The Morgan fingerprint density at radius 1 is 1.32 bits per heavy atom. The van der Waals surface area contributed by atoms with Gasteiger partial charge in [0, 0.05) is 17.7 Å². The number of pyridine rings is 1. The Morgan fingerprint density at radius 2 is 2.00 bits per heavy atom. The minimum Gasteiger partial charge on any atom is -0.440 e. The number of rotatable bonds is 8. The number of allylic oxidation sites excluding steroid dienone is 1. The molecule has 0 amide bonds. The summed E-state index contributed by atoms with van der Waals surface area (Å²) in [5, 5.41) is 9.54. The van der Waals surface area contributed by atoms with E-state index in [1.165, 1.54) is 32.1 Å². The highest BCUT2D eigenvalue weighted by molar-refractivity contribution is 5.49. The van der Waals surface area contributed by atoms with Crippen molar-refractivity contribution < 1.29 is 4.74 Å². The highest BCUT2D eigenvalue weighted by Crippen LogP contribution is 2.41. The molecule has 0 aliphatic carbocycles. The molecular weight excluding hydrogens is 314 g/mol. The summed E-state index contributed by atoms with van der Waals surface area (Å²) in [6.07, 6.45) is 8.30. The van der Waals surface area contributed by atoms with Gasteiger partial charge in [-0.3, -0.25) is 4.79 Å². The van der Waals surface area contributed by atoms with Crippen molar-refractivity contribution in [2.75, 3.05) is 0 Å². The number of nitrogens with zero attached hydrogens (tertiary/aromatic N) is 1. The van der Waals surface area contributed by atoms with E-state index in [1.54, 1.807) is 13.0 Å². The largest absolute Gasteiger partial charge is 0.440 e. The smallest absolute Gasteiger partial charge is 0.255 e. The number of aromatic nitrogens is 1. The fourth-order valence-electron chi connectivity index (χ4n) is 3.63. The number of hydrogen-bond acceptors (Lipinski definition) is 4. The monoisotopic (exact) mass is 343 g/mol. The first-order chi connectivity index (χ1) is 12.0. The van der Waals surface area contributed by atoms with Crippen molar-refractivity contribution in [3.05, 3.63) is 39.1 Å². The number of fused-ring (bicyclic) bond motifs is 1. The average Bonchev–Trinajstić information content (AvgIpc) is 2.56. The fraction of sp³-hybridized carbons (Fsp3) is 0.600. The molecule has 0 radical (unpaired) electrons. The highest BCUT2D eigenvalue weighted by atomic mass is 16.5. The molecule has 0 bridgehead atoms. The molecule has 0 unspecified atom stereocenters. The Hall–Kier alpha value is -2.22. The van der Waals surface area contributed by atoms with Gasteiger partial charge in [0.15, 0.2) is 0 Å². The van der Waals surface area contributed by atoms with Crippen LogP contribution in [0.3, 0.4) is 0 Å². The molecule has 0 aromatic carbocycles. The van der Waals surface area contributed by atoms with Crippen molar-refractivity contribution in [2.24, 2.45) is 11.7 Å². The van der Waals surface area contributed by atoms with Crippen molar-refractivity contribution in [3.63, 3.8) is 0 Å². The third kappa shape index (κ3) is 4.45. The van der Waals surface area contributed by atoms with Gasteiger partial charge < -0.3 is 15.5 Å². The maximum Gasteiger partial charge on any atom is 0.255 e. The lowest BCUT2D eigenvalue weighted by molar-refractivity contribution is 0.352. The lowest BCUT2D eigenvalue weighted by Gasteiger charge is -2.29. The number of unbranched alkanes of at least 4 members (excludes halogenated alkanes) is 5. The molecule has 3 N–H and O–H groups in total. The molecule has 0 saturated carbocycles. The standard InChI is InChI=1S/C20H29N3O2/c1-4-5-6-7-8-9-10-13(2)17-15(12-21)19(22)25-16-11-14(3)23-20(24)18(16)17/h11,13,17H,4-10,22H2,1-3H3,(H,23,24)/t13-,17+/m0/s1. The molecule has 2 heterocycles. The molecule has 0 fully saturated rings. The van der Waals surface area contributed by atoms with Crippen LogP contribution in [0.5, 0.6) is 5.75 Å². The second-order valence-electron chi connectivity index (χ2n) is 7.06. The average molecular weight is 343 g/mol. The molecule has 136 valence electrons. The maximum absolute atomic E-state index is 12.5. The molecule has 1 aliphatic heterocycles. The van der Waals surface area contributed by atoms with Gasteiger partial charge in [0.1, 0.15) is 11.8 Å². The SMILES string of the molecule is CCCCCCCC[C@H](C)[C@@H]1C(C#N)=C(N)Oc2cc(C)[nH]c(=O)c21. The third-order valence-electron chi connectivity index (χ3n) is 4.98. The van der Waals surface area contributed by atoms with E-state index in [2.05, 4.69) is 24.9 Å². The van der Waals surface area contributed by atoms with Crippen LogP contribution < -0.4 is 16.0 Å². The van der Waals surface area contributed by atoms with E-state index in [0.29, 0.717) is 16.9 Å². The number of nitrogens with one attached hydrogen (secondary N) is 1. The number of hydrogen-bond donors (Lipinski definition) is 2. The summed E-state index contributed by atoms with van der Waals surface area (Å²) in [7, 11) is 0. The second kappa shape index (κ2) is 8.75. The van der Waals surface area contributed by atoms with Gasteiger partial charge in [-0.25, -0.2) is 0 Å². The Bertz CT molecular complexity index is 727. The van der Waals surface area contributed by atoms with E-state index in [9.17, 15) is 10.1 Å². The van der Waals surface area contributed by atoms with E-state index < -0.39 is 0 Å². The number of H-pyrrole nitrogens is 1. The first-order valence-corrected chi connectivity index (χ1v) is 9.31. The van der Waals surface area contributed by atoms with Gasteiger partial charge in [0.2, 0.25) is 5.88 Å². The number of nitriles is 1. The highest BCUT2D eigenvalue weighted by Gasteiger charge is 2.35. The van der Waals surface area contributed by atoms with Gasteiger partial charge in [-0.1, -0.05) is 52.4 Å². The van der Waals surface area contributed by atoms with Crippen molar-refractivity contribution in [1.29, 1.82) is 5.26 Å². The molecule has 1 aliphatic rings. The van der Waals surface area contributed by atoms with E-state index in [0.717, 1.165) is 18.5 Å². The van der Waals surface area contributed by atoms with E-state index >= 15 is 0 Å². The number of aryl methyl sites for hydroxylation is 1. The topological polar surface area (TPSA) is 91.9 Å². The summed E-state index contributed by atoms with van der Waals surface area (Å²) in [6.45, 7) is 6.11. The predicted octanol–water partition coefficient (Wildman–Crippen LogP) is 4.24. The summed E-state index contributed by atoms with van der Waals surface area (Å²) in [5.41, 5.74) is 7.41. The van der Waals surface area contributed by atoms with Crippen molar-refractivity contribution in [2.45, 2.75) is 71.6 Å². The summed E-state index contributed by atoms with van der Waals surface area (Å²) in [5.74, 6) is 0.469. The molecule has 1 aromatic rings. The summed E-state index contributed by atoms with van der Waals surface area (Å²) >= 11 is 0. The Kier molecular flexibility index (Phi) is 6.69. The van der Waals surface area contributed by atoms with Crippen LogP contribution in [0.2, 0.25) is 0 Å². The van der Waals surface area contributed by atoms with Crippen LogP contribution in [0, 0.1) is 24.2 Å². The zero-order chi connectivity index (χ0) is 18.4. The van der Waals surface area contributed by atoms with Crippen molar-refractivity contribution in [3.8, 4) is 11.8 Å². The normalized spacial score (nSPS) is 17.6. The Balaban J connectivity index is 2.17. The molecule has 0 spiro atoms. The van der Waals surface area contributed by atoms with Crippen LogP contribution >= 0.6 is 0 Å². The first kappa shape index (κ1) is 19.1. The molecule has 5 heteroatoms. The molecule has 1 aromatic heterocycles. The molecular formula is C20H29N3O2. The van der Waals surface area contributed by atoms with Crippen LogP contribution in [0.15, 0.2) is 22.3 Å². The Labute approximate surface area is 149 Å². The zero-order valence-electron chi connectivity index (χ0n) is 15.5. The molecule has 5 nitrogen and oxygen atoms in total. The lowest BCUT2D eigenvalue weighted by Crippen LogP contribution is -2.30. The van der Waals surface area contributed by atoms with Gasteiger partial charge in [0.05, 0.1) is 11.1 Å². The molecule has 2 rings (SSSR count). The van der Waals surface area contributed by atoms with Crippen LogP contribution in [0.4, 0.5) is 0 Å². The minimum atomic E-state index is -0.297. The van der Waals surface area contributed by atoms with Gasteiger partial charge in [-0.15, -0.1) is 0 Å². The number of nitrogens with two attached hydrogens (primary N) is 1. The molecule has 2 atom stereocenters. The number of ether oxygens (including phenoxy) is 1. The van der Waals surface area contributed by atoms with Gasteiger partial charge >= 0.3 is 0 Å². The third-order valence-corrected chi connectivity index (χ3v) is 4.98. The summed E-state index contributed by atoms with van der Waals surface area (Å²) in [4.78, 5) is 15.3. The molecule has 25 heavy (non-hydrogen) atoms. The predicted molar refractivity (Wildman–Crippen MR) is 99.2 cm³/mol.